The Morgan fingerprint density at radius 2 is 1.91 bits per heavy atom. The smallest absolute Gasteiger partial charge is 0.336 e. The summed E-state index contributed by atoms with van der Waals surface area (Å²) >= 11 is 5.72. The standard InChI is InChI=1S/C16H9ClFNO4/c17-11-6-13-10(5-12(11)18)14(20)15(21)19(13)7-8-3-1-2-4-9(8)16(22)23/h1-6H,7H2,(H,22,23). The maximum atomic E-state index is 13.5. The predicted molar refractivity (Wildman–Crippen MR) is 80.3 cm³/mol. The van der Waals surface area contributed by atoms with Crippen LogP contribution in [0, 0.1) is 5.82 Å². The van der Waals surface area contributed by atoms with Crippen LogP contribution < -0.4 is 4.90 Å². The monoisotopic (exact) mass is 333 g/mol. The Bertz CT molecular complexity index is 865. The van der Waals surface area contributed by atoms with Crippen LogP contribution in [0.15, 0.2) is 36.4 Å². The van der Waals surface area contributed by atoms with E-state index in [-0.39, 0.29) is 28.4 Å². The van der Waals surface area contributed by atoms with Crippen molar-refractivity contribution in [3.8, 4) is 0 Å². The minimum absolute atomic E-state index is 0.0226. The molecule has 2 aromatic rings. The predicted octanol–water partition coefficient (Wildman–Crippen LogP) is 2.91. The molecule has 0 saturated carbocycles. The molecule has 0 aliphatic carbocycles. The fourth-order valence-corrected chi connectivity index (χ4v) is 2.64. The second-order valence-electron chi connectivity index (χ2n) is 4.97. The number of rotatable bonds is 3. The molecule has 7 heteroatoms. The number of benzene rings is 2. The highest BCUT2D eigenvalue weighted by molar-refractivity contribution is 6.52. The molecule has 0 radical (unpaired) electrons. The Hall–Kier alpha value is -2.73. The molecule has 1 amide bonds. The summed E-state index contributed by atoms with van der Waals surface area (Å²) < 4.78 is 13.5. The van der Waals surface area contributed by atoms with Crippen LogP contribution in [0.2, 0.25) is 5.02 Å². The lowest BCUT2D eigenvalue weighted by Crippen LogP contribution is -2.29. The van der Waals surface area contributed by atoms with E-state index in [0.717, 1.165) is 11.0 Å². The van der Waals surface area contributed by atoms with Gasteiger partial charge >= 0.3 is 5.97 Å². The number of halogens is 2. The molecule has 2 aromatic carbocycles. The first-order chi connectivity index (χ1) is 10.9. The number of fused-ring (bicyclic) bond motifs is 1. The van der Waals surface area contributed by atoms with Gasteiger partial charge in [0.15, 0.2) is 0 Å². The summed E-state index contributed by atoms with van der Waals surface area (Å²) in [7, 11) is 0. The van der Waals surface area contributed by atoms with Crippen LogP contribution in [0.25, 0.3) is 0 Å². The minimum Gasteiger partial charge on any atom is -0.478 e. The van der Waals surface area contributed by atoms with Crippen LogP contribution in [0.4, 0.5) is 10.1 Å². The van der Waals surface area contributed by atoms with Crippen molar-refractivity contribution >= 4 is 34.9 Å². The van der Waals surface area contributed by atoms with Crippen molar-refractivity contribution in [3.63, 3.8) is 0 Å². The third-order valence-corrected chi connectivity index (χ3v) is 3.88. The first-order valence-corrected chi connectivity index (χ1v) is 6.94. The summed E-state index contributed by atoms with van der Waals surface area (Å²) in [6, 6.07) is 8.25. The van der Waals surface area contributed by atoms with Gasteiger partial charge in [0.25, 0.3) is 11.7 Å². The maximum Gasteiger partial charge on any atom is 0.336 e. The number of nitrogens with zero attached hydrogens (tertiary/aromatic N) is 1. The molecule has 5 nitrogen and oxygen atoms in total. The number of carbonyl (C=O) groups is 3. The molecule has 0 bridgehead atoms. The Morgan fingerprint density at radius 3 is 2.61 bits per heavy atom. The van der Waals surface area contributed by atoms with Gasteiger partial charge in [-0.1, -0.05) is 29.8 Å². The van der Waals surface area contributed by atoms with Crippen molar-refractivity contribution in [3.05, 3.63) is 63.9 Å². The summed E-state index contributed by atoms with van der Waals surface area (Å²) in [5.74, 6) is -3.62. The van der Waals surface area contributed by atoms with E-state index in [1.807, 2.05) is 0 Å². The molecule has 0 saturated heterocycles. The van der Waals surface area contributed by atoms with E-state index in [1.165, 1.54) is 12.1 Å². The van der Waals surface area contributed by atoms with Crippen LogP contribution in [-0.4, -0.2) is 22.8 Å². The van der Waals surface area contributed by atoms with Crippen molar-refractivity contribution < 1.29 is 23.9 Å². The molecule has 23 heavy (non-hydrogen) atoms. The van der Waals surface area contributed by atoms with Crippen molar-refractivity contribution in [2.45, 2.75) is 6.54 Å². The van der Waals surface area contributed by atoms with Crippen LogP contribution in [0.1, 0.15) is 26.3 Å². The molecule has 1 heterocycles. The van der Waals surface area contributed by atoms with Gasteiger partial charge in [-0.2, -0.15) is 0 Å². The quantitative estimate of drug-likeness (QED) is 0.876. The number of ketones is 1. The molecular weight excluding hydrogens is 325 g/mol. The third kappa shape index (κ3) is 2.47. The summed E-state index contributed by atoms with van der Waals surface area (Å²) in [6.45, 7) is -0.123. The van der Waals surface area contributed by atoms with Crippen molar-refractivity contribution in [2.24, 2.45) is 0 Å². The van der Waals surface area contributed by atoms with Gasteiger partial charge in [0.2, 0.25) is 0 Å². The van der Waals surface area contributed by atoms with Crippen LogP contribution in [0.5, 0.6) is 0 Å². The molecule has 3 rings (SSSR count). The lowest BCUT2D eigenvalue weighted by atomic mass is 10.1. The maximum absolute atomic E-state index is 13.5. The lowest BCUT2D eigenvalue weighted by Gasteiger charge is -2.18. The third-order valence-electron chi connectivity index (χ3n) is 3.59. The van der Waals surface area contributed by atoms with Gasteiger partial charge < -0.3 is 10.0 Å². The van der Waals surface area contributed by atoms with Gasteiger partial charge in [0.05, 0.1) is 28.4 Å². The second-order valence-corrected chi connectivity index (χ2v) is 5.37. The lowest BCUT2D eigenvalue weighted by molar-refractivity contribution is -0.114. The molecule has 0 spiro atoms. The molecule has 0 unspecified atom stereocenters. The summed E-state index contributed by atoms with van der Waals surface area (Å²) in [5.41, 5.74) is 0.472. The van der Waals surface area contributed by atoms with Gasteiger partial charge in [0.1, 0.15) is 5.82 Å². The minimum atomic E-state index is -1.14. The van der Waals surface area contributed by atoms with Crippen molar-refractivity contribution in [1.29, 1.82) is 0 Å². The van der Waals surface area contributed by atoms with Crippen molar-refractivity contribution in [2.75, 3.05) is 4.90 Å². The molecule has 0 atom stereocenters. The Balaban J connectivity index is 2.06. The zero-order chi connectivity index (χ0) is 16.7. The van der Waals surface area contributed by atoms with Gasteiger partial charge in [-0.15, -0.1) is 0 Å². The number of anilines is 1. The highest BCUT2D eigenvalue weighted by Crippen LogP contribution is 2.34. The largest absolute Gasteiger partial charge is 0.478 e. The second kappa shape index (κ2) is 5.48. The van der Waals surface area contributed by atoms with Gasteiger partial charge in [-0.25, -0.2) is 9.18 Å². The zero-order valence-corrected chi connectivity index (χ0v) is 12.3. The van der Waals surface area contributed by atoms with E-state index in [1.54, 1.807) is 18.2 Å². The SMILES string of the molecule is O=C(O)c1ccccc1CN1C(=O)C(=O)c2cc(F)c(Cl)cc21. The number of amides is 1. The van der Waals surface area contributed by atoms with E-state index in [2.05, 4.69) is 0 Å². The van der Waals surface area contributed by atoms with E-state index >= 15 is 0 Å². The number of hydrogen-bond donors (Lipinski definition) is 1. The van der Waals surface area contributed by atoms with E-state index < -0.39 is 23.5 Å². The van der Waals surface area contributed by atoms with E-state index in [9.17, 15) is 23.9 Å². The summed E-state index contributed by atoms with van der Waals surface area (Å²) in [6.07, 6.45) is 0. The Morgan fingerprint density at radius 1 is 1.22 bits per heavy atom. The zero-order valence-electron chi connectivity index (χ0n) is 11.5. The summed E-state index contributed by atoms with van der Waals surface area (Å²) in [4.78, 5) is 36.4. The van der Waals surface area contributed by atoms with Crippen molar-refractivity contribution in [1.82, 2.24) is 0 Å². The number of carboxylic acid groups (broad SMARTS) is 1. The van der Waals surface area contributed by atoms with Crippen LogP contribution in [0.3, 0.4) is 0 Å². The first-order valence-electron chi connectivity index (χ1n) is 6.56. The van der Waals surface area contributed by atoms with Gasteiger partial charge in [-0.3, -0.25) is 9.59 Å². The molecule has 0 fully saturated rings. The number of aromatic carboxylic acids is 1. The van der Waals surface area contributed by atoms with E-state index in [0.29, 0.717) is 5.56 Å². The highest BCUT2D eigenvalue weighted by Gasteiger charge is 2.37. The van der Waals surface area contributed by atoms with Crippen LogP contribution in [-0.2, 0) is 11.3 Å². The van der Waals surface area contributed by atoms with Gasteiger partial charge in [-0.05, 0) is 23.8 Å². The molecule has 1 aliphatic heterocycles. The summed E-state index contributed by atoms with van der Waals surface area (Å²) in [5, 5.41) is 8.97. The molecule has 1 N–H and O–H groups in total. The van der Waals surface area contributed by atoms with E-state index in [4.69, 9.17) is 11.6 Å². The number of Topliss-reactive ketones (excluding diaryl/α,β-unsaturated/α-hetero) is 1. The Kier molecular flexibility index (Phi) is 3.61. The highest BCUT2D eigenvalue weighted by atomic mass is 35.5. The number of carbonyl (C=O) groups excluding carboxylic acids is 2. The van der Waals surface area contributed by atoms with Gasteiger partial charge in [0, 0.05) is 0 Å². The molecule has 0 aromatic heterocycles. The van der Waals surface area contributed by atoms with Crippen LogP contribution >= 0.6 is 11.6 Å². The fraction of sp³-hybridized carbons (Fsp3) is 0.0625. The topological polar surface area (TPSA) is 74.7 Å². The average Bonchev–Trinajstić information content (AvgIpc) is 2.73. The first kappa shape index (κ1) is 15.2. The average molecular weight is 334 g/mol. The fourth-order valence-electron chi connectivity index (χ4n) is 2.48. The molecule has 1 aliphatic rings. The number of hydrogen-bond acceptors (Lipinski definition) is 3. The number of carboxylic acids is 1. The molecule has 116 valence electrons. The molecular formula is C16H9ClFNO4. The Labute approximate surface area is 134 Å². The normalized spacial score (nSPS) is 13.4.